The molecule has 1 N–H and O–H groups in total. The van der Waals surface area contributed by atoms with Crippen LogP contribution in [-0.2, 0) is 0 Å². The second-order valence-corrected chi connectivity index (χ2v) is 5.46. The van der Waals surface area contributed by atoms with Crippen LogP contribution in [0.25, 0.3) is 10.1 Å². The van der Waals surface area contributed by atoms with Crippen LogP contribution >= 0.6 is 33.9 Å². The van der Waals surface area contributed by atoms with Crippen molar-refractivity contribution in [3.8, 4) is 0 Å². The first-order valence-electron chi connectivity index (χ1n) is 4.04. The van der Waals surface area contributed by atoms with Crippen molar-refractivity contribution < 1.29 is 5.11 Å². The third kappa shape index (κ3) is 1.87. The molecular formula is C10H9IOS. The number of rotatable bonds is 2. The lowest BCUT2D eigenvalue weighted by molar-refractivity contribution is 0.302. The molecule has 0 bridgehead atoms. The molecule has 0 aliphatic rings. The number of aliphatic hydroxyl groups excluding tert-OH is 1. The Morgan fingerprint density at radius 2 is 2.15 bits per heavy atom. The molecule has 1 atom stereocenters. The third-order valence-electron chi connectivity index (χ3n) is 1.91. The van der Waals surface area contributed by atoms with Gasteiger partial charge in [0, 0.05) is 9.58 Å². The Morgan fingerprint density at radius 3 is 2.85 bits per heavy atom. The van der Waals surface area contributed by atoms with Crippen LogP contribution in [0.15, 0.2) is 30.3 Å². The van der Waals surface area contributed by atoms with Crippen LogP contribution in [0.1, 0.15) is 8.80 Å². The molecule has 68 valence electrons. The Morgan fingerprint density at radius 1 is 1.38 bits per heavy atom. The van der Waals surface area contributed by atoms with Gasteiger partial charge in [-0.2, -0.15) is 0 Å². The topological polar surface area (TPSA) is 20.2 Å². The summed E-state index contributed by atoms with van der Waals surface area (Å²) in [6, 6.07) is 10.5. The van der Waals surface area contributed by atoms with E-state index in [1.807, 2.05) is 12.1 Å². The van der Waals surface area contributed by atoms with Crippen molar-refractivity contribution in [2.45, 2.75) is 3.92 Å². The molecule has 2 aromatic rings. The van der Waals surface area contributed by atoms with E-state index >= 15 is 0 Å². The molecule has 0 radical (unpaired) electrons. The lowest BCUT2D eigenvalue weighted by Crippen LogP contribution is -1.90. The van der Waals surface area contributed by atoms with Gasteiger partial charge < -0.3 is 5.11 Å². The van der Waals surface area contributed by atoms with Crippen molar-refractivity contribution in [2.24, 2.45) is 0 Å². The number of fused-ring (bicyclic) bond motifs is 1. The van der Waals surface area contributed by atoms with E-state index in [9.17, 15) is 0 Å². The minimum absolute atomic E-state index is 0.216. The maximum absolute atomic E-state index is 9.01. The fourth-order valence-electron chi connectivity index (χ4n) is 1.25. The van der Waals surface area contributed by atoms with E-state index in [4.69, 9.17) is 5.11 Å². The minimum Gasteiger partial charge on any atom is -0.395 e. The van der Waals surface area contributed by atoms with E-state index in [0.29, 0.717) is 0 Å². The number of thiophene rings is 1. The van der Waals surface area contributed by atoms with Gasteiger partial charge in [-0.1, -0.05) is 40.8 Å². The van der Waals surface area contributed by atoms with Gasteiger partial charge in [-0.3, -0.25) is 0 Å². The highest BCUT2D eigenvalue weighted by atomic mass is 127. The summed E-state index contributed by atoms with van der Waals surface area (Å²) in [5.74, 6) is 0. The first-order valence-corrected chi connectivity index (χ1v) is 6.11. The summed E-state index contributed by atoms with van der Waals surface area (Å²) in [6.45, 7) is 0.216. The van der Waals surface area contributed by atoms with E-state index < -0.39 is 0 Å². The predicted molar refractivity (Wildman–Crippen MR) is 65.7 cm³/mol. The fourth-order valence-corrected chi connectivity index (χ4v) is 2.84. The van der Waals surface area contributed by atoms with E-state index in [1.54, 1.807) is 11.3 Å². The summed E-state index contributed by atoms with van der Waals surface area (Å²) >= 11 is 4.03. The second kappa shape index (κ2) is 3.94. The smallest absolute Gasteiger partial charge is 0.0684 e. The molecule has 1 aromatic heterocycles. The van der Waals surface area contributed by atoms with Crippen LogP contribution in [0, 0.1) is 0 Å². The molecule has 2 rings (SSSR count). The molecule has 0 aliphatic heterocycles. The number of hydrogen-bond donors (Lipinski definition) is 1. The first-order chi connectivity index (χ1) is 6.31. The summed E-state index contributed by atoms with van der Waals surface area (Å²) in [7, 11) is 0. The summed E-state index contributed by atoms with van der Waals surface area (Å²) < 4.78 is 1.53. The van der Waals surface area contributed by atoms with Gasteiger partial charge in [0.1, 0.15) is 0 Å². The Balaban J connectivity index is 2.49. The highest BCUT2D eigenvalue weighted by Gasteiger charge is 2.08. The summed E-state index contributed by atoms with van der Waals surface area (Å²) in [5.41, 5.74) is 0. The van der Waals surface area contributed by atoms with E-state index in [0.717, 1.165) is 0 Å². The average Bonchev–Trinajstić information content (AvgIpc) is 2.59. The normalized spacial score (nSPS) is 13.4. The quantitative estimate of drug-likeness (QED) is 0.666. The molecule has 0 spiro atoms. The van der Waals surface area contributed by atoms with Crippen LogP contribution in [-0.4, -0.2) is 11.7 Å². The van der Waals surface area contributed by atoms with E-state index in [2.05, 4.69) is 40.8 Å². The molecule has 1 nitrogen and oxygen atoms in total. The van der Waals surface area contributed by atoms with Crippen molar-refractivity contribution in [2.75, 3.05) is 6.61 Å². The number of aliphatic hydroxyl groups is 1. The van der Waals surface area contributed by atoms with Crippen molar-refractivity contribution >= 4 is 44.0 Å². The van der Waals surface area contributed by atoms with Gasteiger partial charge in [-0.15, -0.1) is 11.3 Å². The number of benzene rings is 1. The van der Waals surface area contributed by atoms with E-state index in [1.165, 1.54) is 15.0 Å². The maximum Gasteiger partial charge on any atom is 0.0684 e. The highest BCUT2D eigenvalue weighted by Crippen LogP contribution is 2.33. The van der Waals surface area contributed by atoms with Crippen molar-refractivity contribution in [3.05, 3.63) is 35.2 Å². The van der Waals surface area contributed by atoms with Crippen LogP contribution in [0.3, 0.4) is 0 Å². The SMILES string of the molecule is OC[C@@H](I)c1cc2ccccc2s1. The zero-order chi connectivity index (χ0) is 9.26. The molecule has 1 aromatic carbocycles. The minimum atomic E-state index is 0.216. The Kier molecular flexibility index (Phi) is 2.86. The standard InChI is InChI=1S/C10H9IOS/c11-8(6-12)10-5-7-3-1-2-4-9(7)13-10/h1-5,8,12H,6H2/t8-/m1/s1. The Labute approximate surface area is 94.5 Å². The molecule has 13 heavy (non-hydrogen) atoms. The molecule has 0 aliphatic carbocycles. The zero-order valence-corrected chi connectivity index (χ0v) is 9.88. The van der Waals surface area contributed by atoms with Gasteiger partial charge in [0.2, 0.25) is 0 Å². The number of alkyl halides is 1. The van der Waals surface area contributed by atoms with Gasteiger partial charge in [0.05, 0.1) is 10.5 Å². The van der Waals surface area contributed by atoms with Gasteiger partial charge >= 0.3 is 0 Å². The number of hydrogen-bond acceptors (Lipinski definition) is 2. The molecule has 1 heterocycles. The van der Waals surface area contributed by atoms with E-state index in [-0.39, 0.29) is 10.5 Å². The Bertz CT molecular complexity index is 377. The molecule has 0 amide bonds. The fraction of sp³-hybridized carbons (Fsp3) is 0.200. The predicted octanol–water partition coefficient (Wildman–Crippen LogP) is 3.37. The van der Waals surface area contributed by atoms with Crippen LogP contribution in [0.4, 0.5) is 0 Å². The lowest BCUT2D eigenvalue weighted by atomic mass is 10.2. The molecule has 0 saturated carbocycles. The van der Waals surface area contributed by atoms with Gasteiger partial charge in [-0.25, -0.2) is 0 Å². The third-order valence-corrected chi connectivity index (χ3v) is 4.63. The largest absolute Gasteiger partial charge is 0.395 e. The highest BCUT2D eigenvalue weighted by molar-refractivity contribution is 14.1. The average molecular weight is 304 g/mol. The van der Waals surface area contributed by atoms with Gasteiger partial charge in [-0.05, 0) is 17.5 Å². The van der Waals surface area contributed by atoms with Gasteiger partial charge in [0.15, 0.2) is 0 Å². The van der Waals surface area contributed by atoms with Crippen molar-refractivity contribution in [1.29, 1.82) is 0 Å². The monoisotopic (exact) mass is 304 g/mol. The van der Waals surface area contributed by atoms with Crippen molar-refractivity contribution in [3.63, 3.8) is 0 Å². The van der Waals surface area contributed by atoms with Crippen LogP contribution in [0.2, 0.25) is 0 Å². The maximum atomic E-state index is 9.01. The van der Waals surface area contributed by atoms with Crippen molar-refractivity contribution in [1.82, 2.24) is 0 Å². The molecule has 0 saturated heterocycles. The summed E-state index contributed by atoms with van der Waals surface area (Å²) in [4.78, 5) is 1.25. The molecular weight excluding hydrogens is 295 g/mol. The zero-order valence-electron chi connectivity index (χ0n) is 6.90. The van der Waals surface area contributed by atoms with Crippen LogP contribution < -0.4 is 0 Å². The lowest BCUT2D eigenvalue weighted by Gasteiger charge is -1.99. The summed E-state index contributed by atoms with van der Waals surface area (Å²) in [5, 5.41) is 10.3. The van der Waals surface area contributed by atoms with Crippen LogP contribution in [0.5, 0.6) is 0 Å². The Hall–Kier alpha value is -0.130. The number of halogens is 1. The molecule has 3 heteroatoms. The molecule has 0 unspecified atom stereocenters. The molecule has 0 fully saturated rings. The first kappa shape index (κ1) is 9.43. The van der Waals surface area contributed by atoms with Gasteiger partial charge in [0.25, 0.3) is 0 Å². The second-order valence-electron chi connectivity index (χ2n) is 2.84. The summed E-state index contributed by atoms with van der Waals surface area (Å²) in [6.07, 6.45) is 0.